The first-order chi connectivity index (χ1) is 10.5. The van der Waals surface area contributed by atoms with Gasteiger partial charge in [-0.1, -0.05) is 18.2 Å². The number of carbonyl (C=O) groups excluding carboxylic acids is 1. The standard InChI is InChI=1S/C15H11FN4O2/c1-8-6-12(18-11-5-3-2-4-9(8)11)14(21)19-13-10(16)7-17-15(22)20-13/h2-7H,1H3,(H2,17,19,20,21,22). The largest absolute Gasteiger partial charge is 0.346 e. The second-order valence-corrected chi connectivity index (χ2v) is 4.71. The van der Waals surface area contributed by atoms with E-state index in [1.165, 1.54) is 0 Å². The average Bonchev–Trinajstić information content (AvgIpc) is 2.51. The molecule has 0 aliphatic carbocycles. The van der Waals surface area contributed by atoms with Gasteiger partial charge in [-0.15, -0.1) is 0 Å². The summed E-state index contributed by atoms with van der Waals surface area (Å²) in [6.45, 7) is 1.86. The van der Waals surface area contributed by atoms with E-state index < -0.39 is 17.4 Å². The van der Waals surface area contributed by atoms with Crippen LogP contribution >= 0.6 is 0 Å². The van der Waals surface area contributed by atoms with E-state index >= 15 is 0 Å². The monoisotopic (exact) mass is 298 g/mol. The van der Waals surface area contributed by atoms with E-state index in [0.717, 1.165) is 17.1 Å². The van der Waals surface area contributed by atoms with Crippen LogP contribution < -0.4 is 11.0 Å². The lowest BCUT2D eigenvalue weighted by molar-refractivity contribution is 0.102. The molecule has 0 spiro atoms. The van der Waals surface area contributed by atoms with Crippen LogP contribution in [-0.2, 0) is 0 Å². The van der Waals surface area contributed by atoms with E-state index in [9.17, 15) is 14.0 Å². The van der Waals surface area contributed by atoms with E-state index in [1.54, 1.807) is 12.1 Å². The van der Waals surface area contributed by atoms with E-state index in [2.05, 4.69) is 20.3 Å². The van der Waals surface area contributed by atoms with Crippen LogP contribution in [0.15, 0.2) is 41.3 Å². The van der Waals surface area contributed by atoms with Crippen molar-refractivity contribution >= 4 is 22.6 Å². The number of hydrogen-bond acceptors (Lipinski definition) is 4. The minimum absolute atomic E-state index is 0.133. The quantitative estimate of drug-likeness (QED) is 0.757. The molecular formula is C15H11FN4O2. The maximum Gasteiger partial charge on any atom is 0.346 e. The molecule has 22 heavy (non-hydrogen) atoms. The van der Waals surface area contributed by atoms with Crippen LogP contribution in [0.1, 0.15) is 16.1 Å². The van der Waals surface area contributed by atoms with Crippen molar-refractivity contribution in [3.8, 4) is 0 Å². The number of benzene rings is 1. The molecule has 110 valence electrons. The lowest BCUT2D eigenvalue weighted by Gasteiger charge is -2.07. The predicted octanol–water partition coefficient (Wildman–Crippen LogP) is 2.02. The topological polar surface area (TPSA) is 87.7 Å². The zero-order valence-corrected chi connectivity index (χ0v) is 11.6. The van der Waals surface area contributed by atoms with Gasteiger partial charge >= 0.3 is 5.69 Å². The van der Waals surface area contributed by atoms with Crippen molar-refractivity contribution in [2.24, 2.45) is 0 Å². The number of nitrogens with zero attached hydrogens (tertiary/aromatic N) is 2. The molecule has 2 aromatic heterocycles. The summed E-state index contributed by atoms with van der Waals surface area (Å²) in [6.07, 6.45) is 0.744. The number of aryl methyl sites for hydroxylation is 1. The molecule has 2 heterocycles. The fraction of sp³-hybridized carbons (Fsp3) is 0.0667. The molecule has 7 heteroatoms. The SMILES string of the molecule is Cc1cc(C(=O)Nc2[nH]c(=O)ncc2F)nc2ccccc12. The Hall–Kier alpha value is -3.09. The third kappa shape index (κ3) is 2.56. The van der Waals surface area contributed by atoms with E-state index in [-0.39, 0.29) is 11.5 Å². The highest BCUT2D eigenvalue weighted by atomic mass is 19.1. The molecule has 1 aromatic carbocycles. The molecule has 0 bridgehead atoms. The Kier molecular flexibility index (Phi) is 3.38. The molecule has 0 saturated carbocycles. The van der Waals surface area contributed by atoms with Gasteiger partial charge in [0.25, 0.3) is 5.91 Å². The van der Waals surface area contributed by atoms with Crippen LogP contribution in [0.5, 0.6) is 0 Å². The summed E-state index contributed by atoms with van der Waals surface area (Å²) in [4.78, 5) is 32.9. The maximum absolute atomic E-state index is 13.5. The van der Waals surface area contributed by atoms with E-state index in [4.69, 9.17) is 0 Å². The summed E-state index contributed by atoms with van der Waals surface area (Å²) in [6, 6.07) is 8.99. The molecule has 0 aliphatic heterocycles. The minimum atomic E-state index is -0.828. The van der Waals surface area contributed by atoms with Crippen LogP contribution in [0.25, 0.3) is 10.9 Å². The van der Waals surface area contributed by atoms with Gasteiger partial charge in [0.1, 0.15) is 5.69 Å². The van der Waals surface area contributed by atoms with Gasteiger partial charge in [-0.3, -0.25) is 9.78 Å². The normalized spacial score (nSPS) is 10.6. The number of fused-ring (bicyclic) bond motifs is 1. The van der Waals surface area contributed by atoms with Crippen LogP contribution in [0.4, 0.5) is 10.2 Å². The Morgan fingerprint density at radius 3 is 2.91 bits per heavy atom. The van der Waals surface area contributed by atoms with Crippen LogP contribution in [0.2, 0.25) is 0 Å². The lowest BCUT2D eigenvalue weighted by atomic mass is 10.1. The van der Waals surface area contributed by atoms with Gasteiger partial charge in [0.15, 0.2) is 11.6 Å². The van der Waals surface area contributed by atoms with Gasteiger partial charge in [-0.25, -0.2) is 14.2 Å². The molecular weight excluding hydrogens is 287 g/mol. The smallest absolute Gasteiger partial charge is 0.304 e. The Balaban J connectivity index is 1.99. The van der Waals surface area contributed by atoms with Gasteiger partial charge < -0.3 is 5.32 Å². The third-order valence-corrected chi connectivity index (χ3v) is 3.16. The number of halogens is 1. The molecule has 3 rings (SSSR count). The summed E-state index contributed by atoms with van der Waals surface area (Å²) in [5.41, 5.74) is 0.920. The predicted molar refractivity (Wildman–Crippen MR) is 79.2 cm³/mol. The number of rotatable bonds is 2. The molecule has 6 nitrogen and oxygen atoms in total. The number of H-pyrrole nitrogens is 1. The Labute approximate surface area is 124 Å². The number of aromatic nitrogens is 3. The molecule has 2 N–H and O–H groups in total. The summed E-state index contributed by atoms with van der Waals surface area (Å²) in [5, 5.41) is 3.22. The second-order valence-electron chi connectivity index (χ2n) is 4.71. The number of carbonyl (C=O) groups is 1. The number of hydrogen-bond donors (Lipinski definition) is 2. The van der Waals surface area contributed by atoms with Crippen LogP contribution in [0, 0.1) is 12.7 Å². The van der Waals surface area contributed by atoms with Crippen LogP contribution in [0.3, 0.4) is 0 Å². The molecule has 0 aliphatic rings. The van der Waals surface area contributed by atoms with Crippen molar-refractivity contribution in [2.75, 3.05) is 5.32 Å². The summed E-state index contributed by atoms with van der Waals surface area (Å²) in [5.74, 6) is -1.78. The van der Waals surface area contributed by atoms with Crippen molar-refractivity contribution < 1.29 is 9.18 Å². The first kappa shape index (κ1) is 13.9. The van der Waals surface area contributed by atoms with Gasteiger partial charge in [-0.05, 0) is 24.6 Å². The number of aromatic amines is 1. The van der Waals surface area contributed by atoms with Crippen LogP contribution in [-0.4, -0.2) is 20.9 Å². The van der Waals surface area contributed by atoms with Crippen molar-refractivity contribution in [1.82, 2.24) is 15.0 Å². The van der Waals surface area contributed by atoms with Gasteiger partial charge in [0, 0.05) is 5.39 Å². The first-order valence-corrected chi connectivity index (χ1v) is 6.47. The Bertz CT molecular complexity index is 936. The fourth-order valence-corrected chi connectivity index (χ4v) is 2.11. The molecule has 0 atom stereocenters. The minimum Gasteiger partial charge on any atom is -0.304 e. The Morgan fingerprint density at radius 2 is 2.09 bits per heavy atom. The fourth-order valence-electron chi connectivity index (χ4n) is 2.11. The zero-order valence-electron chi connectivity index (χ0n) is 11.6. The number of nitrogens with one attached hydrogen (secondary N) is 2. The molecule has 0 fully saturated rings. The van der Waals surface area contributed by atoms with E-state index in [0.29, 0.717) is 5.52 Å². The molecule has 0 radical (unpaired) electrons. The van der Waals surface area contributed by atoms with Crippen molar-refractivity contribution in [3.05, 3.63) is 64.1 Å². The van der Waals surface area contributed by atoms with Crippen molar-refractivity contribution in [1.29, 1.82) is 0 Å². The number of pyridine rings is 1. The van der Waals surface area contributed by atoms with E-state index in [1.807, 2.05) is 25.1 Å². The number of para-hydroxylation sites is 1. The highest BCUT2D eigenvalue weighted by molar-refractivity contribution is 6.04. The molecule has 0 saturated heterocycles. The molecule has 1 amide bonds. The average molecular weight is 298 g/mol. The Morgan fingerprint density at radius 1 is 1.32 bits per heavy atom. The van der Waals surface area contributed by atoms with Gasteiger partial charge in [0.2, 0.25) is 0 Å². The number of anilines is 1. The second kappa shape index (κ2) is 5.36. The summed E-state index contributed by atoms with van der Waals surface area (Å²) >= 11 is 0. The summed E-state index contributed by atoms with van der Waals surface area (Å²) in [7, 11) is 0. The third-order valence-electron chi connectivity index (χ3n) is 3.16. The van der Waals surface area contributed by atoms with Crippen molar-refractivity contribution in [2.45, 2.75) is 6.92 Å². The highest BCUT2D eigenvalue weighted by Gasteiger charge is 2.13. The first-order valence-electron chi connectivity index (χ1n) is 6.47. The van der Waals surface area contributed by atoms with Gasteiger partial charge in [-0.2, -0.15) is 4.98 Å². The lowest BCUT2D eigenvalue weighted by Crippen LogP contribution is -2.20. The zero-order chi connectivity index (χ0) is 15.7. The highest BCUT2D eigenvalue weighted by Crippen LogP contribution is 2.18. The van der Waals surface area contributed by atoms with Gasteiger partial charge in [0.05, 0.1) is 11.7 Å². The number of amides is 1. The van der Waals surface area contributed by atoms with Crippen molar-refractivity contribution in [3.63, 3.8) is 0 Å². The maximum atomic E-state index is 13.5. The molecule has 3 aromatic rings. The molecule has 0 unspecified atom stereocenters. The summed E-state index contributed by atoms with van der Waals surface area (Å²) < 4.78 is 13.5.